The van der Waals surface area contributed by atoms with Crippen LogP contribution in [0.1, 0.15) is 12.5 Å². The molecule has 0 fully saturated rings. The van der Waals surface area contributed by atoms with Gasteiger partial charge in [-0.1, -0.05) is 24.3 Å². The molecular formula is C14H19NO3. The van der Waals surface area contributed by atoms with Crippen molar-refractivity contribution in [3.8, 4) is 5.75 Å². The average Bonchev–Trinajstić information content (AvgIpc) is 2.38. The third-order valence-electron chi connectivity index (χ3n) is 2.45. The zero-order valence-corrected chi connectivity index (χ0v) is 10.6. The maximum absolute atomic E-state index is 11.6. The number of nitrogens with one attached hydrogen (secondary N) is 1. The molecule has 0 aliphatic heterocycles. The van der Waals surface area contributed by atoms with Gasteiger partial charge >= 0.3 is 0 Å². The molecule has 4 heteroatoms. The number of carbonyl (C=O) groups excluding carboxylic acids is 1. The number of amides is 1. The summed E-state index contributed by atoms with van der Waals surface area (Å²) in [5.41, 5.74) is 0.892. The standard InChI is InChI=1S/C14H19NO3/c1-3-9-15-14(17)11(2)18-13-7-5-4-6-12(13)8-10-16/h3-7,11,16H,1,8-10H2,2H3,(H,15,17). The van der Waals surface area contributed by atoms with E-state index in [-0.39, 0.29) is 12.5 Å². The highest BCUT2D eigenvalue weighted by Crippen LogP contribution is 2.19. The lowest BCUT2D eigenvalue weighted by Crippen LogP contribution is -2.36. The fraction of sp³-hybridized carbons (Fsp3) is 0.357. The van der Waals surface area contributed by atoms with E-state index in [2.05, 4.69) is 11.9 Å². The Balaban J connectivity index is 2.65. The van der Waals surface area contributed by atoms with Crippen molar-refractivity contribution >= 4 is 5.91 Å². The molecule has 18 heavy (non-hydrogen) atoms. The normalized spacial score (nSPS) is 11.7. The van der Waals surface area contributed by atoms with E-state index in [1.54, 1.807) is 19.1 Å². The second kappa shape index (κ2) is 7.50. The van der Waals surface area contributed by atoms with Crippen molar-refractivity contribution in [2.75, 3.05) is 13.2 Å². The van der Waals surface area contributed by atoms with Gasteiger partial charge in [-0.05, 0) is 25.0 Å². The lowest BCUT2D eigenvalue weighted by atomic mass is 10.1. The first-order chi connectivity index (χ1) is 8.69. The Morgan fingerprint density at radius 3 is 2.94 bits per heavy atom. The molecule has 1 rings (SSSR count). The van der Waals surface area contributed by atoms with Gasteiger partial charge in [-0.25, -0.2) is 0 Å². The zero-order chi connectivity index (χ0) is 13.4. The highest BCUT2D eigenvalue weighted by Gasteiger charge is 2.15. The SMILES string of the molecule is C=CCNC(=O)C(C)Oc1ccccc1CCO. The molecule has 0 heterocycles. The molecule has 0 saturated carbocycles. The van der Waals surface area contributed by atoms with Gasteiger partial charge in [-0.2, -0.15) is 0 Å². The number of hydrogen-bond acceptors (Lipinski definition) is 3. The van der Waals surface area contributed by atoms with Crippen molar-refractivity contribution in [3.63, 3.8) is 0 Å². The molecule has 0 aromatic heterocycles. The van der Waals surface area contributed by atoms with E-state index in [1.165, 1.54) is 0 Å². The monoisotopic (exact) mass is 249 g/mol. The number of hydrogen-bond donors (Lipinski definition) is 2. The number of para-hydroxylation sites is 1. The summed E-state index contributed by atoms with van der Waals surface area (Å²) in [6.07, 6.45) is 1.55. The fourth-order valence-electron chi connectivity index (χ4n) is 1.51. The molecular weight excluding hydrogens is 230 g/mol. The van der Waals surface area contributed by atoms with Crippen LogP contribution in [0.4, 0.5) is 0 Å². The molecule has 0 radical (unpaired) electrons. The van der Waals surface area contributed by atoms with Crippen molar-refractivity contribution in [2.24, 2.45) is 0 Å². The van der Waals surface area contributed by atoms with E-state index < -0.39 is 6.10 Å². The van der Waals surface area contributed by atoms with Crippen molar-refractivity contribution in [3.05, 3.63) is 42.5 Å². The summed E-state index contributed by atoms with van der Waals surface area (Å²) in [4.78, 5) is 11.6. The van der Waals surface area contributed by atoms with Crippen LogP contribution >= 0.6 is 0 Å². The van der Waals surface area contributed by atoms with Crippen molar-refractivity contribution in [2.45, 2.75) is 19.4 Å². The Bertz CT molecular complexity index is 404. The average molecular weight is 249 g/mol. The van der Waals surface area contributed by atoms with Crippen LogP contribution in [0.5, 0.6) is 5.75 Å². The smallest absolute Gasteiger partial charge is 0.261 e. The summed E-state index contributed by atoms with van der Waals surface area (Å²) in [6, 6.07) is 7.38. The lowest BCUT2D eigenvalue weighted by molar-refractivity contribution is -0.127. The summed E-state index contributed by atoms with van der Waals surface area (Å²) in [6.45, 7) is 5.69. The van der Waals surface area contributed by atoms with Crippen LogP contribution in [0.15, 0.2) is 36.9 Å². The third-order valence-corrected chi connectivity index (χ3v) is 2.45. The van der Waals surface area contributed by atoms with Gasteiger partial charge in [0.1, 0.15) is 5.75 Å². The third kappa shape index (κ3) is 4.22. The number of aliphatic hydroxyl groups excluding tert-OH is 1. The minimum absolute atomic E-state index is 0.0530. The van der Waals surface area contributed by atoms with Crippen LogP contribution in [-0.2, 0) is 11.2 Å². The van der Waals surface area contributed by atoms with Crippen LogP contribution in [-0.4, -0.2) is 30.3 Å². The van der Waals surface area contributed by atoms with Crippen molar-refractivity contribution in [1.82, 2.24) is 5.32 Å². The van der Waals surface area contributed by atoms with Gasteiger partial charge in [-0.3, -0.25) is 4.79 Å². The second-order valence-electron chi connectivity index (χ2n) is 3.88. The van der Waals surface area contributed by atoms with Gasteiger partial charge in [0.2, 0.25) is 0 Å². The van der Waals surface area contributed by atoms with Gasteiger partial charge in [0.25, 0.3) is 5.91 Å². The molecule has 0 saturated heterocycles. The van der Waals surface area contributed by atoms with Crippen molar-refractivity contribution in [1.29, 1.82) is 0 Å². The molecule has 0 spiro atoms. The maximum atomic E-state index is 11.6. The first kappa shape index (κ1) is 14.3. The van der Waals surface area contributed by atoms with Crippen molar-refractivity contribution < 1.29 is 14.6 Å². The topological polar surface area (TPSA) is 58.6 Å². The highest BCUT2D eigenvalue weighted by molar-refractivity contribution is 5.80. The summed E-state index contributed by atoms with van der Waals surface area (Å²) in [5, 5.41) is 11.6. The van der Waals surface area contributed by atoms with E-state index >= 15 is 0 Å². The summed E-state index contributed by atoms with van der Waals surface area (Å²) in [7, 11) is 0. The first-order valence-corrected chi connectivity index (χ1v) is 5.93. The van der Waals surface area contributed by atoms with Gasteiger partial charge in [0.05, 0.1) is 0 Å². The Morgan fingerprint density at radius 1 is 1.56 bits per heavy atom. The van der Waals surface area contributed by atoms with Crippen LogP contribution in [0.2, 0.25) is 0 Å². The van der Waals surface area contributed by atoms with Gasteiger partial charge in [-0.15, -0.1) is 6.58 Å². The summed E-state index contributed by atoms with van der Waals surface area (Å²) < 4.78 is 5.60. The van der Waals surface area contributed by atoms with E-state index in [1.807, 2.05) is 18.2 Å². The molecule has 2 N–H and O–H groups in total. The minimum Gasteiger partial charge on any atom is -0.481 e. The number of benzene rings is 1. The Hall–Kier alpha value is -1.81. The van der Waals surface area contributed by atoms with E-state index in [4.69, 9.17) is 9.84 Å². The summed E-state index contributed by atoms with van der Waals surface area (Å²) in [5.74, 6) is 0.446. The molecule has 1 unspecified atom stereocenters. The second-order valence-corrected chi connectivity index (χ2v) is 3.88. The predicted octanol–water partition coefficient (Wildman–Crippen LogP) is 1.29. The van der Waals surface area contributed by atoms with Gasteiger partial charge < -0.3 is 15.2 Å². The molecule has 0 bridgehead atoms. The fourth-order valence-corrected chi connectivity index (χ4v) is 1.51. The van der Waals surface area contributed by atoms with Gasteiger partial charge in [0.15, 0.2) is 6.10 Å². The van der Waals surface area contributed by atoms with Gasteiger partial charge in [0, 0.05) is 13.2 Å². The highest BCUT2D eigenvalue weighted by atomic mass is 16.5. The minimum atomic E-state index is -0.579. The number of carbonyl (C=O) groups is 1. The summed E-state index contributed by atoms with van der Waals surface area (Å²) >= 11 is 0. The molecule has 1 aromatic carbocycles. The quantitative estimate of drug-likeness (QED) is 0.716. The Kier molecular flexibility index (Phi) is 5.94. The molecule has 0 aliphatic carbocycles. The van der Waals surface area contributed by atoms with Crippen LogP contribution in [0.3, 0.4) is 0 Å². The maximum Gasteiger partial charge on any atom is 0.261 e. The van der Waals surface area contributed by atoms with E-state index in [9.17, 15) is 4.79 Å². The lowest BCUT2D eigenvalue weighted by Gasteiger charge is -2.16. The Labute approximate surface area is 107 Å². The van der Waals surface area contributed by atoms with Crippen LogP contribution in [0.25, 0.3) is 0 Å². The van der Waals surface area contributed by atoms with Crippen LogP contribution in [0, 0.1) is 0 Å². The Morgan fingerprint density at radius 2 is 2.28 bits per heavy atom. The van der Waals surface area contributed by atoms with Crippen LogP contribution < -0.4 is 10.1 Å². The molecule has 98 valence electrons. The largest absolute Gasteiger partial charge is 0.481 e. The molecule has 1 aromatic rings. The first-order valence-electron chi connectivity index (χ1n) is 5.93. The molecule has 4 nitrogen and oxygen atoms in total. The molecule has 1 atom stereocenters. The molecule has 0 aliphatic rings. The predicted molar refractivity (Wildman–Crippen MR) is 70.5 cm³/mol. The number of ether oxygens (including phenoxy) is 1. The molecule has 1 amide bonds. The number of aliphatic hydroxyl groups is 1. The van der Waals surface area contributed by atoms with E-state index in [0.29, 0.717) is 18.7 Å². The zero-order valence-electron chi connectivity index (χ0n) is 10.6. The van der Waals surface area contributed by atoms with E-state index in [0.717, 1.165) is 5.56 Å². The number of rotatable bonds is 7.